The maximum atomic E-state index is 12.3. The van der Waals surface area contributed by atoms with Crippen LogP contribution in [-0.4, -0.2) is 37.6 Å². The molecule has 0 spiro atoms. The van der Waals surface area contributed by atoms with Crippen LogP contribution in [0.2, 0.25) is 0 Å². The van der Waals surface area contributed by atoms with Crippen LogP contribution < -0.4 is 10.5 Å². The van der Waals surface area contributed by atoms with Gasteiger partial charge >= 0.3 is 0 Å². The summed E-state index contributed by atoms with van der Waals surface area (Å²) >= 11 is 0. The first-order valence-electron chi connectivity index (χ1n) is 7.25. The van der Waals surface area contributed by atoms with Gasteiger partial charge in [0.25, 0.3) is 0 Å². The van der Waals surface area contributed by atoms with Gasteiger partial charge in [0.05, 0.1) is 7.11 Å². The van der Waals surface area contributed by atoms with Gasteiger partial charge in [0.1, 0.15) is 5.75 Å². The summed E-state index contributed by atoms with van der Waals surface area (Å²) in [4.78, 5) is 14.2. The van der Waals surface area contributed by atoms with E-state index in [2.05, 4.69) is 6.92 Å². The monoisotopic (exact) mass is 276 g/mol. The smallest absolute Gasteiger partial charge is 0.223 e. The van der Waals surface area contributed by atoms with E-state index in [1.165, 1.54) is 5.56 Å². The number of hydrogen-bond donors (Lipinski definition) is 1. The second-order valence-corrected chi connectivity index (χ2v) is 5.61. The molecule has 2 atom stereocenters. The third kappa shape index (κ3) is 3.51. The molecule has 0 aliphatic carbocycles. The number of nitrogens with zero attached hydrogens (tertiary/aromatic N) is 1. The molecule has 110 valence electrons. The van der Waals surface area contributed by atoms with Crippen LogP contribution in [0.3, 0.4) is 0 Å². The Labute approximate surface area is 120 Å². The van der Waals surface area contributed by atoms with E-state index in [4.69, 9.17) is 10.5 Å². The molecule has 1 aliphatic rings. The first-order chi connectivity index (χ1) is 9.63. The van der Waals surface area contributed by atoms with Gasteiger partial charge in [-0.25, -0.2) is 0 Å². The molecule has 0 saturated carbocycles. The maximum Gasteiger partial charge on any atom is 0.223 e. The van der Waals surface area contributed by atoms with Crippen molar-refractivity contribution in [3.8, 4) is 5.75 Å². The normalized spacial score (nSPS) is 19.9. The molecule has 1 aromatic carbocycles. The van der Waals surface area contributed by atoms with Crippen molar-refractivity contribution in [2.24, 2.45) is 11.7 Å². The largest absolute Gasteiger partial charge is 0.497 e. The lowest BCUT2D eigenvalue weighted by atomic mass is 9.97. The van der Waals surface area contributed by atoms with Gasteiger partial charge in [-0.15, -0.1) is 0 Å². The van der Waals surface area contributed by atoms with Crippen LogP contribution in [0.25, 0.3) is 0 Å². The van der Waals surface area contributed by atoms with Gasteiger partial charge in [-0.05, 0) is 42.5 Å². The third-order valence-corrected chi connectivity index (χ3v) is 4.14. The van der Waals surface area contributed by atoms with Crippen molar-refractivity contribution in [1.82, 2.24) is 4.90 Å². The molecule has 0 radical (unpaired) electrons. The molecule has 4 nitrogen and oxygen atoms in total. The molecule has 2 rings (SSSR count). The van der Waals surface area contributed by atoms with Crippen LogP contribution in [0.4, 0.5) is 0 Å². The summed E-state index contributed by atoms with van der Waals surface area (Å²) < 4.78 is 5.15. The molecular weight excluding hydrogens is 252 g/mol. The number of likely N-dealkylation sites (tertiary alicyclic amines) is 1. The van der Waals surface area contributed by atoms with Gasteiger partial charge in [0.2, 0.25) is 5.91 Å². The van der Waals surface area contributed by atoms with Gasteiger partial charge in [-0.1, -0.05) is 19.1 Å². The van der Waals surface area contributed by atoms with E-state index in [0.29, 0.717) is 18.9 Å². The molecule has 1 aromatic rings. The summed E-state index contributed by atoms with van der Waals surface area (Å²) in [5, 5.41) is 0. The average molecular weight is 276 g/mol. The molecule has 2 N–H and O–H groups in total. The highest BCUT2D eigenvalue weighted by atomic mass is 16.5. The lowest BCUT2D eigenvalue weighted by Gasteiger charge is -2.19. The van der Waals surface area contributed by atoms with Crippen molar-refractivity contribution in [1.29, 1.82) is 0 Å². The van der Waals surface area contributed by atoms with Crippen LogP contribution in [-0.2, 0) is 4.79 Å². The standard InChI is InChI=1S/C16H24N2O2/c1-12(14-3-5-15(20-2)6-4-14)9-16(19)18-8-7-13(10-17)11-18/h3-6,12-13H,7-11,17H2,1-2H3. The highest BCUT2D eigenvalue weighted by molar-refractivity contribution is 5.77. The Bertz CT molecular complexity index is 444. The van der Waals surface area contributed by atoms with Crippen molar-refractivity contribution >= 4 is 5.91 Å². The molecule has 0 aromatic heterocycles. The Morgan fingerprint density at radius 2 is 2.15 bits per heavy atom. The minimum absolute atomic E-state index is 0.227. The molecule has 2 unspecified atom stereocenters. The van der Waals surface area contributed by atoms with E-state index in [9.17, 15) is 4.79 Å². The molecule has 20 heavy (non-hydrogen) atoms. The lowest BCUT2D eigenvalue weighted by Crippen LogP contribution is -2.30. The summed E-state index contributed by atoms with van der Waals surface area (Å²) in [7, 11) is 1.66. The van der Waals surface area contributed by atoms with Crippen LogP contribution in [0.15, 0.2) is 24.3 Å². The number of carbonyl (C=O) groups excluding carboxylic acids is 1. The Kier molecular flexibility index (Phi) is 5.01. The Balaban J connectivity index is 1.90. The minimum Gasteiger partial charge on any atom is -0.497 e. The van der Waals surface area contributed by atoms with Gasteiger partial charge in [-0.2, -0.15) is 0 Å². The molecular formula is C16H24N2O2. The topological polar surface area (TPSA) is 55.6 Å². The van der Waals surface area contributed by atoms with Crippen LogP contribution in [0, 0.1) is 5.92 Å². The fraction of sp³-hybridized carbons (Fsp3) is 0.562. The molecule has 1 fully saturated rings. The number of ether oxygens (including phenoxy) is 1. The Morgan fingerprint density at radius 3 is 2.70 bits per heavy atom. The van der Waals surface area contributed by atoms with Gasteiger partial charge in [0.15, 0.2) is 0 Å². The molecule has 0 bridgehead atoms. The third-order valence-electron chi connectivity index (χ3n) is 4.14. The first-order valence-corrected chi connectivity index (χ1v) is 7.25. The van der Waals surface area contributed by atoms with Crippen LogP contribution in [0.5, 0.6) is 5.75 Å². The lowest BCUT2D eigenvalue weighted by molar-refractivity contribution is -0.130. The zero-order valence-electron chi connectivity index (χ0n) is 12.3. The number of carbonyl (C=O) groups is 1. The quantitative estimate of drug-likeness (QED) is 0.895. The van der Waals surface area contributed by atoms with E-state index in [1.807, 2.05) is 29.2 Å². The van der Waals surface area contributed by atoms with Crippen molar-refractivity contribution in [2.75, 3.05) is 26.7 Å². The average Bonchev–Trinajstić information content (AvgIpc) is 2.96. The van der Waals surface area contributed by atoms with Crippen LogP contribution >= 0.6 is 0 Å². The van der Waals surface area contributed by atoms with Crippen molar-refractivity contribution in [2.45, 2.75) is 25.7 Å². The molecule has 1 heterocycles. The zero-order chi connectivity index (χ0) is 14.5. The number of rotatable bonds is 5. The Hall–Kier alpha value is -1.55. The van der Waals surface area contributed by atoms with E-state index < -0.39 is 0 Å². The number of methoxy groups -OCH3 is 1. The predicted molar refractivity (Wildman–Crippen MR) is 79.8 cm³/mol. The summed E-state index contributed by atoms with van der Waals surface area (Å²) in [6.07, 6.45) is 1.60. The second-order valence-electron chi connectivity index (χ2n) is 5.61. The SMILES string of the molecule is COc1ccc(C(C)CC(=O)N2CCC(CN)C2)cc1. The first kappa shape index (κ1) is 14.9. The fourth-order valence-corrected chi connectivity index (χ4v) is 2.69. The van der Waals surface area contributed by atoms with Crippen molar-refractivity contribution in [3.05, 3.63) is 29.8 Å². The molecule has 1 aliphatic heterocycles. The van der Waals surface area contributed by atoms with Crippen LogP contribution in [0.1, 0.15) is 31.2 Å². The summed E-state index contributed by atoms with van der Waals surface area (Å²) in [6, 6.07) is 7.94. The predicted octanol–water partition coefficient (Wildman–Crippen LogP) is 2.00. The molecule has 1 amide bonds. The maximum absolute atomic E-state index is 12.3. The Morgan fingerprint density at radius 1 is 1.45 bits per heavy atom. The molecule has 1 saturated heterocycles. The number of amides is 1. The van der Waals surface area contributed by atoms with E-state index >= 15 is 0 Å². The van der Waals surface area contributed by atoms with E-state index in [1.54, 1.807) is 7.11 Å². The number of benzene rings is 1. The summed E-state index contributed by atoms with van der Waals surface area (Å²) in [6.45, 7) is 4.45. The summed E-state index contributed by atoms with van der Waals surface area (Å²) in [5.74, 6) is 1.79. The van der Waals surface area contributed by atoms with Gasteiger partial charge in [0, 0.05) is 19.5 Å². The number of hydrogen-bond acceptors (Lipinski definition) is 3. The van der Waals surface area contributed by atoms with Gasteiger partial charge < -0.3 is 15.4 Å². The minimum atomic E-state index is 0.227. The second kappa shape index (κ2) is 6.75. The van der Waals surface area contributed by atoms with E-state index in [-0.39, 0.29) is 11.8 Å². The highest BCUT2D eigenvalue weighted by Gasteiger charge is 2.26. The fourth-order valence-electron chi connectivity index (χ4n) is 2.69. The summed E-state index contributed by atoms with van der Waals surface area (Å²) in [5.41, 5.74) is 6.84. The van der Waals surface area contributed by atoms with E-state index in [0.717, 1.165) is 25.3 Å². The van der Waals surface area contributed by atoms with Crippen molar-refractivity contribution in [3.63, 3.8) is 0 Å². The van der Waals surface area contributed by atoms with Crippen molar-refractivity contribution < 1.29 is 9.53 Å². The molecule has 4 heteroatoms. The van der Waals surface area contributed by atoms with Gasteiger partial charge in [-0.3, -0.25) is 4.79 Å². The zero-order valence-corrected chi connectivity index (χ0v) is 12.3. The highest BCUT2D eigenvalue weighted by Crippen LogP contribution is 2.24. The number of nitrogens with two attached hydrogens (primary N) is 1.